The highest BCUT2D eigenvalue weighted by atomic mass is 35.5. The number of carbonyl (C=O) groups is 2. The smallest absolute Gasteiger partial charge is 0.253 e. The zero-order chi connectivity index (χ0) is 16.8. The third-order valence-electron chi connectivity index (χ3n) is 3.85. The maximum atomic E-state index is 12.5. The standard InChI is InChI=1S/C16H19Cl3N2O2/c17-7-1-2-15(22)20-12-5-8-21(9-6-12)16(23)11-3-4-13(18)14(19)10-11/h3-4,10,12H,1-2,5-9H2,(H,20,22). The molecule has 0 unspecified atom stereocenters. The van der Waals surface area contributed by atoms with E-state index in [0.717, 1.165) is 12.8 Å². The quantitative estimate of drug-likeness (QED) is 0.795. The molecule has 2 rings (SSSR count). The summed E-state index contributed by atoms with van der Waals surface area (Å²) in [6.07, 6.45) is 2.63. The summed E-state index contributed by atoms with van der Waals surface area (Å²) in [5.41, 5.74) is 0.531. The van der Waals surface area contributed by atoms with Crippen LogP contribution in [0, 0.1) is 0 Å². The summed E-state index contributed by atoms with van der Waals surface area (Å²) in [6.45, 7) is 1.22. The first-order valence-corrected chi connectivity index (χ1v) is 8.90. The van der Waals surface area contributed by atoms with Gasteiger partial charge in [0.2, 0.25) is 5.91 Å². The molecule has 0 aliphatic carbocycles. The topological polar surface area (TPSA) is 49.4 Å². The molecule has 0 spiro atoms. The van der Waals surface area contributed by atoms with E-state index >= 15 is 0 Å². The second-order valence-corrected chi connectivity index (χ2v) is 6.75. The minimum atomic E-state index is -0.0597. The van der Waals surface area contributed by atoms with Crippen LogP contribution in [0.3, 0.4) is 0 Å². The van der Waals surface area contributed by atoms with Gasteiger partial charge in [0, 0.05) is 37.0 Å². The number of halogens is 3. The minimum Gasteiger partial charge on any atom is -0.353 e. The van der Waals surface area contributed by atoms with E-state index in [0.29, 0.717) is 47.4 Å². The van der Waals surface area contributed by atoms with Gasteiger partial charge in [0.05, 0.1) is 10.0 Å². The number of nitrogens with zero attached hydrogens (tertiary/aromatic N) is 1. The van der Waals surface area contributed by atoms with Gasteiger partial charge in [-0.15, -0.1) is 11.6 Å². The summed E-state index contributed by atoms with van der Waals surface area (Å²) in [5.74, 6) is 0.458. The van der Waals surface area contributed by atoms with Gasteiger partial charge in [-0.1, -0.05) is 23.2 Å². The van der Waals surface area contributed by atoms with E-state index in [2.05, 4.69) is 5.32 Å². The minimum absolute atomic E-state index is 0.0277. The second-order valence-electron chi connectivity index (χ2n) is 5.56. The molecule has 1 aliphatic rings. The SMILES string of the molecule is O=C(CCCCl)NC1CCN(C(=O)c2ccc(Cl)c(Cl)c2)CC1. The molecule has 0 bridgehead atoms. The molecule has 23 heavy (non-hydrogen) atoms. The Morgan fingerprint density at radius 3 is 2.48 bits per heavy atom. The Bertz CT molecular complexity index is 572. The van der Waals surface area contributed by atoms with E-state index in [9.17, 15) is 9.59 Å². The number of rotatable bonds is 5. The van der Waals surface area contributed by atoms with Gasteiger partial charge in [0.25, 0.3) is 5.91 Å². The maximum Gasteiger partial charge on any atom is 0.253 e. The van der Waals surface area contributed by atoms with Crippen LogP contribution in [0.15, 0.2) is 18.2 Å². The number of hydrogen-bond acceptors (Lipinski definition) is 2. The lowest BCUT2D eigenvalue weighted by Crippen LogP contribution is -2.46. The molecule has 2 amide bonds. The molecule has 0 aromatic heterocycles. The fourth-order valence-corrected chi connectivity index (χ4v) is 3.00. The van der Waals surface area contributed by atoms with Crippen molar-refractivity contribution in [3.05, 3.63) is 33.8 Å². The molecule has 1 aromatic rings. The largest absolute Gasteiger partial charge is 0.353 e. The predicted molar refractivity (Wildman–Crippen MR) is 93.5 cm³/mol. The molecule has 1 fully saturated rings. The van der Waals surface area contributed by atoms with Crippen molar-refractivity contribution >= 4 is 46.6 Å². The second kappa shape index (κ2) is 8.76. The zero-order valence-corrected chi connectivity index (χ0v) is 14.9. The van der Waals surface area contributed by atoms with Crippen molar-refractivity contribution in [3.8, 4) is 0 Å². The van der Waals surface area contributed by atoms with Gasteiger partial charge in [0.1, 0.15) is 0 Å². The number of alkyl halides is 1. The van der Waals surface area contributed by atoms with E-state index in [-0.39, 0.29) is 17.9 Å². The summed E-state index contributed by atoms with van der Waals surface area (Å²) in [4.78, 5) is 25.9. The van der Waals surface area contributed by atoms with Gasteiger partial charge >= 0.3 is 0 Å². The first-order chi connectivity index (χ1) is 11.0. The van der Waals surface area contributed by atoms with Gasteiger partial charge in [-0.25, -0.2) is 0 Å². The van der Waals surface area contributed by atoms with E-state index in [4.69, 9.17) is 34.8 Å². The molecule has 1 aromatic carbocycles. The predicted octanol–water partition coefficient (Wildman–Crippen LogP) is 3.73. The number of carbonyl (C=O) groups excluding carboxylic acids is 2. The van der Waals surface area contributed by atoms with Crippen molar-refractivity contribution in [1.29, 1.82) is 0 Å². The molecule has 1 N–H and O–H groups in total. The Hall–Kier alpha value is -0.970. The highest BCUT2D eigenvalue weighted by molar-refractivity contribution is 6.42. The van der Waals surface area contributed by atoms with Crippen LogP contribution in [0.2, 0.25) is 10.0 Å². The van der Waals surface area contributed by atoms with E-state index < -0.39 is 0 Å². The number of benzene rings is 1. The first-order valence-electron chi connectivity index (χ1n) is 7.61. The lowest BCUT2D eigenvalue weighted by molar-refractivity contribution is -0.122. The van der Waals surface area contributed by atoms with Crippen molar-refractivity contribution in [3.63, 3.8) is 0 Å². The zero-order valence-electron chi connectivity index (χ0n) is 12.7. The Labute approximate surface area is 151 Å². The summed E-state index contributed by atoms with van der Waals surface area (Å²) in [7, 11) is 0. The van der Waals surface area contributed by atoms with Crippen LogP contribution in [-0.2, 0) is 4.79 Å². The van der Waals surface area contributed by atoms with Crippen molar-refractivity contribution < 1.29 is 9.59 Å². The van der Waals surface area contributed by atoms with Gasteiger partial charge in [0.15, 0.2) is 0 Å². The fraction of sp³-hybridized carbons (Fsp3) is 0.500. The summed E-state index contributed by atoms with van der Waals surface area (Å²) >= 11 is 17.4. The number of nitrogens with one attached hydrogen (secondary N) is 1. The van der Waals surface area contributed by atoms with Gasteiger partial charge in [-0.3, -0.25) is 9.59 Å². The molecule has 0 radical (unpaired) electrons. The molecule has 1 saturated heterocycles. The Kier molecular flexibility index (Phi) is 7.00. The van der Waals surface area contributed by atoms with Crippen LogP contribution in [-0.4, -0.2) is 41.7 Å². The van der Waals surface area contributed by atoms with Gasteiger partial charge in [-0.2, -0.15) is 0 Å². The van der Waals surface area contributed by atoms with E-state index in [1.54, 1.807) is 23.1 Å². The molecule has 0 saturated carbocycles. The third kappa shape index (κ3) is 5.27. The normalized spacial score (nSPS) is 15.5. The van der Waals surface area contributed by atoms with E-state index in [1.807, 2.05) is 0 Å². The molecule has 0 atom stereocenters. The first kappa shape index (κ1) is 18.4. The molecule has 7 heteroatoms. The number of amides is 2. The number of piperidine rings is 1. The Morgan fingerprint density at radius 2 is 1.87 bits per heavy atom. The van der Waals surface area contributed by atoms with Crippen LogP contribution in [0.25, 0.3) is 0 Å². The van der Waals surface area contributed by atoms with Crippen LogP contribution >= 0.6 is 34.8 Å². The van der Waals surface area contributed by atoms with Crippen molar-refractivity contribution in [2.75, 3.05) is 19.0 Å². The molecular weight excluding hydrogens is 359 g/mol. The summed E-state index contributed by atoms with van der Waals surface area (Å²) in [6, 6.07) is 5.01. The molecule has 1 aliphatic heterocycles. The van der Waals surface area contributed by atoms with Crippen LogP contribution in [0.5, 0.6) is 0 Å². The number of hydrogen-bond donors (Lipinski definition) is 1. The average Bonchev–Trinajstić information content (AvgIpc) is 2.55. The highest BCUT2D eigenvalue weighted by Gasteiger charge is 2.24. The van der Waals surface area contributed by atoms with Crippen LogP contribution in [0.1, 0.15) is 36.0 Å². The maximum absolute atomic E-state index is 12.5. The third-order valence-corrected chi connectivity index (χ3v) is 4.86. The fourth-order valence-electron chi connectivity index (χ4n) is 2.57. The Balaban J connectivity index is 1.85. The number of likely N-dealkylation sites (tertiary alicyclic amines) is 1. The van der Waals surface area contributed by atoms with Crippen molar-refractivity contribution in [2.24, 2.45) is 0 Å². The van der Waals surface area contributed by atoms with Gasteiger partial charge < -0.3 is 10.2 Å². The van der Waals surface area contributed by atoms with E-state index in [1.165, 1.54) is 0 Å². The Morgan fingerprint density at radius 1 is 1.17 bits per heavy atom. The monoisotopic (exact) mass is 376 g/mol. The average molecular weight is 378 g/mol. The molecule has 4 nitrogen and oxygen atoms in total. The molecule has 1 heterocycles. The summed E-state index contributed by atoms with van der Waals surface area (Å²) in [5, 5.41) is 3.80. The van der Waals surface area contributed by atoms with Crippen LogP contribution in [0.4, 0.5) is 0 Å². The molecule has 126 valence electrons. The van der Waals surface area contributed by atoms with Crippen molar-refractivity contribution in [2.45, 2.75) is 31.7 Å². The molecular formula is C16H19Cl3N2O2. The highest BCUT2D eigenvalue weighted by Crippen LogP contribution is 2.24. The van der Waals surface area contributed by atoms with Crippen molar-refractivity contribution in [1.82, 2.24) is 10.2 Å². The lowest BCUT2D eigenvalue weighted by Gasteiger charge is -2.32. The summed E-state index contributed by atoms with van der Waals surface area (Å²) < 4.78 is 0. The van der Waals surface area contributed by atoms with Crippen LogP contribution < -0.4 is 5.32 Å². The van der Waals surface area contributed by atoms with Gasteiger partial charge in [-0.05, 0) is 37.5 Å². The lowest BCUT2D eigenvalue weighted by atomic mass is 10.0.